The van der Waals surface area contributed by atoms with Gasteiger partial charge in [0.2, 0.25) is 0 Å². The first kappa shape index (κ1) is 19.4. The highest BCUT2D eigenvalue weighted by Gasteiger charge is 2.43. The normalized spacial score (nSPS) is 29.2. The highest BCUT2D eigenvalue weighted by Crippen LogP contribution is 2.39. The fourth-order valence-corrected chi connectivity index (χ4v) is 4.07. The van der Waals surface area contributed by atoms with Crippen molar-refractivity contribution in [3.05, 3.63) is 0 Å². The maximum atomic E-state index is 12.8. The van der Waals surface area contributed by atoms with E-state index in [1.807, 2.05) is 0 Å². The zero-order valence-electron chi connectivity index (χ0n) is 13.1. The van der Waals surface area contributed by atoms with Crippen molar-refractivity contribution in [3.8, 4) is 0 Å². The zero-order chi connectivity index (χ0) is 15.5. The predicted molar refractivity (Wildman–Crippen MR) is 87.9 cm³/mol. The van der Waals surface area contributed by atoms with Crippen LogP contribution in [-0.2, 0) is 9.59 Å². The molecule has 0 aromatic rings. The van der Waals surface area contributed by atoms with Gasteiger partial charge in [0.1, 0.15) is 0 Å². The fourth-order valence-electron chi connectivity index (χ4n) is 4.07. The molecular weight excluding hydrogens is 304 g/mol. The molecule has 1 atom stereocenters. The van der Waals surface area contributed by atoms with E-state index < -0.39 is 17.4 Å². The van der Waals surface area contributed by atoms with Gasteiger partial charge in [-0.1, -0.05) is 19.3 Å². The Hall–Kier alpha value is -0.650. The lowest BCUT2D eigenvalue weighted by Gasteiger charge is -2.39. The summed E-state index contributed by atoms with van der Waals surface area (Å²) in [4.78, 5) is 23.8. The van der Waals surface area contributed by atoms with Crippen molar-refractivity contribution in [1.82, 2.24) is 0 Å². The van der Waals surface area contributed by atoms with Crippen LogP contribution in [0.15, 0.2) is 0 Å². The van der Waals surface area contributed by atoms with Crippen molar-refractivity contribution in [2.75, 3.05) is 6.54 Å². The second-order valence-corrected chi connectivity index (χ2v) is 6.89. The third-order valence-corrected chi connectivity index (χ3v) is 5.66. The largest absolute Gasteiger partial charge is 0.481 e. The number of carbonyl (C=O) groups is 2. The van der Waals surface area contributed by atoms with E-state index in [0.29, 0.717) is 19.4 Å². The summed E-state index contributed by atoms with van der Waals surface area (Å²) < 4.78 is 0. The molecule has 0 radical (unpaired) electrons. The van der Waals surface area contributed by atoms with Gasteiger partial charge in [0.25, 0.3) is 0 Å². The standard InChI is InChI=1S/C16H28N2O3.ClH/c17-10-16(8-2-1-3-9-16)14(19)13(18)11-4-6-12(7-5-11)15(20)21;/h11-13H,1-10,17-18H2,(H,20,21);1H. The van der Waals surface area contributed by atoms with E-state index in [9.17, 15) is 9.59 Å². The number of carboxylic acid groups (broad SMARTS) is 1. The van der Waals surface area contributed by atoms with Gasteiger partial charge in [0.15, 0.2) is 5.78 Å². The Kier molecular flexibility index (Phi) is 7.29. The lowest BCUT2D eigenvalue weighted by Crippen LogP contribution is -2.52. The molecule has 0 aromatic carbocycles. The van der Waals surface area contributed by atoms with Gasteiger partial charge in [-0.3, -0.25) is 9.59 Å². The zero-order valence-corrected chi connectivity index (χ0v) is 13.9. The van der Waals surface area contributed by atoms with Gasteiger partial charge in [-0.15, -0.1) is 12.4 Å². The van der Waals surface area contributed by atoms with Crippen molar-refractivity contribution < 1.29 is 14.7 Å². The maximum Gasteiger partial charge on any atom is 0.306 e. The Morgan fingerprint density at radius 2 is 1.64 bits per heavy atom. The SMILES string of the molecule is Cl.NCC1(C(=O)C(N)C2CCC(C(=O)O)CC2)CCCCC1. The number of carbonyl (C=O) groups excluding carboxylic acids is 1. The Morgan fingerprint density at radius 1 is 1.09 bits per heavy atom. The molecule has 5 nitrogen and oxygen atoms in total. The molecule has 0 saturated heterocycles. The molecule has 2 aliphatic rings. The van der Waals surface area contributed by atoms with Crippen molar-refractivity contribution in [2.24, 2.45) is 28.7 Å². The molecule has 2 rings (SSSR count). The summed E-state index contributed by atoms with van der Waals surface area (Å²) >= 11 is 0. The number of ketones is 1. The van der Waals surface area contributed by atoms with E-state index in [4.69, 9.17) is 16.6 Å². The topological polar surface area (TPSA) is 106 Å². The number of carboxylic acids is 1. The molecule has 2 fully saturated rings. The van der Waals surface area contributed by atoms with Crippen molar-refractivity contribution >= 4 is 24.2 Å². The summed E-state index contributed by atoms with van der Waals surface area (Å²) in [5.74, 6) is -0.734. The van der Waals surface area contributed by atoms with Crippen LogP contribution < -0.4 is 11.5 Å². The average Bonchev–Trinajstić information content (AvgIpc) is 2.54. The lowest BCUT2D eigenvalue weighted by molar-refractivity contribution is -0.143. The van der Waals surface area contributed by atoms with Gasteiger partial charge >= 0.3 is 5.97 Å². The highest BCUT2D eigenvalue weighted by molar-refractivity contribution is 5.90. The molecule has 1 unspecified atom stereocenters. The first-order valence-electron chi connectivity index (χ1n) is 8.23. The number of halogens is 1. The van der Waals surface area contributed by atoms with Crippen molar-refractivity contribution in [2.45, 2.75) is 63.8 Å². The van der Waals surface area contributed by atoms with Crippen LogP contribution in [0.2, 0.25) is 0 Å². The Labute approximate surface area is 138 Å². The molecule has 0 bridgehead atoms. The van der Waals surface area contributed by atoms with Gasteiger partial charge in [0, 0.05) is 12.0 Å². The summed E-state index contributed by atoms with van der Waals surface area (Å²) in [6.45, 7) is 0.393. The highest BCUT2D eigenvalue weighted by atomic mass is 35.5. The Balaban J connectivity index is 0.00000242. The summed E-state index contributed by atoms with van der Waals surface area (Å²) in [5.41, 5.74) is 11.8. The molecule has 0 aromatic heterocycles. The molecule has 0 spiro atoms. The quantitative estimate of drug-likeness (QED) is 0.714. The van der Waals surface area contributed by atoms with E-state index in [0.717, 1.165) is 38.5 Å². The first-order valence-corrected chi connectivity index (χ1v) is 8.23. The van der Waals surface area contributed by atoms with Crippen LogP contribution in [-0.4, -0.2) is 29.4 Å². The lowest BCUT2D eigenvalue weighted by atomic mass is 9.66. The number of Topliss-reactive ketones (excluding diaryl/α,β-unsaturated/α-hetero) is 1. The maximum absolute atomic E-state index is 12.8. The third kappa shape index (κ3) is 4.00. The van der Waals surface area contributed by atoms with Crippen LogP contribution in [0.1, 0.15) is 57.8 Å². The van der Waals surface area contributed by atoms with E-state index in [1.165, 1.54) is 6.42 Å². The number of nitrogens with two attached hydrogens (primary N) is 2. The van der Waals surface area contributed by atoms with Crippen LogP contribution >= 0.6 is 12.4 Å². The smallest absolute Gasteiger partial charge is 0.306 e. The molecule has 2 saturated carbocycles. The summed E-state index contributed by atoms with van der Waals surface area (Å²) in [5, 5.41) is 9.04. The Bertz CT molecular complexity index is 389. The fraction of sp³-hybridized carbons (Fsp3) is 0.875. The van der Waals surface area contributed by atoms with E-state index in [-0.39, 0.29) is 30.0 Å². The molecule has 6 heteroatoms. The number of hydrogen-bond acceptors (Lipinski definition) is 4. The van der Waals surface area contributed by atoms with Gasteiger partial charge in [-0.2, -0.15) is 0 Å². The van der Waals surface area contributed by atoms with Crippen LogP contribution in [0.25, 0.3) is 0 Å². The van der Waals surface area contributed by atoms with E-state index in [1.54, 1.807) is 0 Å². The molecule has 0 aliphatic heterocycles. The van der Waals surface area contributed by atoms with Crippen molar-refractivity contribution in [1.29, 1.82) is 0 Å². The predicted octanol–water partition coefficient (Wildman–Crippen LogP) is 2.10. The number of aliphatic carboxylic acids is 1. The molecule has 5 N–H and O–H groups in total. The van der Waals surface area contributed by atoms with E-state index >= 15 is 0 Å². The van der Waals surface area contributed by atoms with Crippen LogP contribution in [0, 0.1) is 17.3 Å². The minimum absolute atomic E-state index is 0. The summed E-state index contributed by atoms with van der Waals surface area (Å²) in [7, 11) is 0. The summed E-state index contributed by atoms with van der Waals surface area (Å²) in [6, 6.07) is -0.471. The average molecular weight is 333 g/mol. The minimum atomic E-state index is -0.723. The number of rotatable bonds is 5. The van der Waals surface area contributed by atoms with Crippen molar-refractivity contribution in [3.63, 3.8) is 0 Å². The van der Waals surface area contributed by atoms with Gasteiger partial charge in [-0.05, 0) is 44.4 Å². The van der Waals surface area contributed by atoms with Gasteiger partial charge < -0.3 is 16.6 Å². The second kappa shape index (κ2) is 8.27. The van der Waals surface area contributed by atoms with Crippen LogP contribution in [0.3, 0.4) is 0 Å². The third-order valence-electron chi connectivity index (χ3n) is 5.66. The second-order valence-electron chi connectivity index (χ2n) is 6.89. The molecule has 0 amide bonds. The van der Waals surface area contributed by atoms with E-state index in [2.05, 4.69) is 0 Å². The van der Waals surface area contributed by atoms with Crippen LogP contribution in [0.5, 0.6) is 0 Å². The molecule has 2 aliphatic carbocycles. The minimum Gasteiger partial charge on any atom is -0.481 e. The number of hydrogen-bond donors (Lipinski definition) is 3. The molecule has 0 heterocycles. The Morgan fingerprint density at radius 3 is 2.09 bits per heavy atom. The monoisotopic (exact) mass is 332 g/mol. The molecular formula is C16H29ClN2O3. The van der Waals surface area contributed by atoms with Gasteiger partial charge in [0.05, 0.1) is 12.0 Å². The molecule has 128 valence electrons. The van der Waals surface area contributed by atoms with Crippen LogP contribution in [0.4, 0.5) is 0 Å². The first-order chi connectivity index (χ1) is 10.00. The van der Waals surface area contributed by atoms with Gasteiger partial charge in [-0.25, -0.2) is 0 Å². The molecule has 22 heavy (non-hydrogen) atoms. The summed E-state index contributed by atoms with van der Waals surface area (Å²) in [6.07, 6.45) is 7.76.